The van der Waals surface area contributed by atoms with E-state index in [2.05, 4.69) is 43.4 Å². The van der Waals surface area contributed by atoms with Crippen LogP contribution in [0.5, 0.6) is 0 Å². The molecule has 116 valence electrons. The zero-order valence-corrected chi connectivity index (χ0v) is 13.3. The highest BCUT2D eigenvalue weighted by atomic mass is 16.1. The second kappa shape index (κ2) is 7.60. The number of benzene rings is 1. The maximum absolute atomic E-state index is 12.5. The molecule has 3 N–H and O–H groups in total. The van der Waals surface area contributed by atoms with E-state index in [0.29, 0.717) is 5.92 Å². The van der Waals surface area contributed by atoms with Crippen molar-refractivity contribution in [1.29, 1.82) is 0 Å². The second-order valence-electron chi connectivity index (χ2n) is 6.33. The van der Waals surface area contributed by atoms with Crippen molar-refractivity contribution < 1.29 is 4.79 Å². The lowest BCUT2D eigenvalue weighted by molar-refractivity contribution is -0.127. The van der Waals surface area contributed by atoms with Crippen LogP contribution in [0.4, 0.5) is 0 Å². The van der Waals surface area contributed by atoms with E-state index in [9.17, 15) is 4.79 Å². The van der Waals surface area contributed by atoms with Gasteiger partial charge in [0.2, 0.25) is 5.91 Å². The highest BCUT2D eigenvalue weighted by Gasteiger charge is 2.26. The van der Waals surface area contributed by atoms with Crippen molar-refractivity contribution in [3.8, 4) is 0 Å². The number of hydrogen-bond donors (Lipinski definition) is 2. The minimum Gasteiger partial charge on any atom is -0.349 e. The third kappa shape index (κ3) is 4.31. The van der Waals surface area contributed by atoms with Crippen LogP contribution in [0.1, 0.15) is 56.2 Å². The summed E-state index contributed by atoms with van der Waals surface area (Å²) in [7, 11) is 0. The number of nitrogens with one attached hydrogen (secondary N) is 1. The van der Waals surface area contributed by atoms with E-state index in [1.54, 1.807) is 0 Å². The van der Waals surface area contributed by atoms with Crippen molar-refractivity contribution in [2.24, 2.45) is 17.6 Å². The minimum absolute atomic E-state index is 0.130. The van der Waals surface area contributed by atoms with Gasteiger partial charge in [-0.3, -0.25) is 4.79 Å². The van der Waals surface area contributed by atoms with Gasteiger partial charge in [-0.1, -0.05) is 36.8 Å². The molecule has 3 nitrogen and oxygen atoms in total. The summed E-state index contributed by atoms with van der Waals surface area (Å²) in [6, 6.07) is 8.59. The van der Waals surface area contributed by atoms with Crippen LogP contribution in [-0.2, 0) is 4.79 Å². The van der Waals surface area contributed by atoms with Crippen molar-refractivity contribution in [3.05, 3.63) is 35.4 Å². The first-order chi connectivity index (χ1) is 10.1. The fraction of sp³-hybridized carbons (Fsp3) is 0.611. The molecule has 0 bridgehead atoms. The SMILES string of the molecule is CCC(NC(=O)C1CCC(CN)CC1)c1ccc(C)cc1. The number of rotatable bonds is 5. The maximum Gasteiger partial charge on any atom is 0.223 e. The lowest BCUT2D eigenvalue weighted by atomic mass is 9.81. The molecule has 0 saturated heterocycles. The normalized spacial score (nSPS) is 23.6. The molecule has 3 heteroatoms. The molecule has 1 aliphatic rings. The van der Waals surface area contributed by atoms with E-state index >= 15 is 0 Å². The van der Waals surface area contributed by atoms with Crippen LogP contribution in [0.25, 0.3) is 0 Å². The van der Waals surface area contributed by atoms with Gasteiger partial charge in [-0.25, -0.2) is 0 Å². The smallest absolute Gasteiger partial charge is 0.223 e. The Kier molecular flexibility index (Phi) is 5.80. The third-order valence-electron chi connectivity index (χ3n) is 4.76. The van der Waals surface area contributed by atoms with Gasteiger partial charge in [-0.2, -0.15) is 0 Å². The molecule has 0 aliphatic heterocycles. The first kappa shape index (κ1) is 16.0. The molecule has 1 amide bonds. The lowest BCUT2D eigenvalue weighted by Crippen LogP contribution is -2.36. The van der Waals surface area contributed by atoms with Crippen molar-refractivity contribution in [3.63, 3.8) is 0 Å². The summed E-state index contributed by atoms with van der Waals surface area (Å²) in [6.07, 6.45) is 5.08. The average Bonchev–Trinajstić information content (AvgIpc) is 2.53. The van der Waals surface area contributed by atoms with Gasteiger partial charge in [0.25, 0.3) is 0 Å². The van der Waals surface area contributed by atoms with E-state index in [1.165, 1.54) is 11.1 Å². The molecule has 1 aromatic rings. The summed E-state index contributed by atoms with van der Waals surface area (Å²) >= 11 is 0. The lowest BCUT2D eigenvalue weighted by Gasteiger charge is -2.28. The first-order valence-corrected chi connectivity index (χ1v) is 8.21. The Balaban J connectivity index is 1.92. The van der Waals surface area contributed by atoms with Gasteiger partial charge < -0.3 is 11.1 Å². The molecule has 1 fully saturated rings. The molecule has 1 aromatic carbocycles. The summed E-state index contributed by atoms with van der Waals surface area (Å²) in [5.41, 5.74) is 8.17. The van der Waals surface area contributed by atoms with Crippen molar-refractivity contribution in [1.82, 2.24) is 5.32 Å². The summed E-state index contributed by atoms with van der Waals surface area (Å²) in [5.74, 6) is 1.01. The third-order valence-corrected chi connectivity index (χ3v) is 4.76. The molecule has 0 spiro atoms. The summed E-state index contributed by atoms with van der Waals surface area (Å²) in [5, 5.41) is 3.23. The predicted molar refractivity (Wildman–Crippen MR) is 86.9 cm³/mol. The quantitative estimate of drug-likeness (QED) is 0.873. The number of aryl methyl sites for hydroxylation is 1. The molecule has 1 aliphatic carbocycles. The Morgan fingerprint density at radius 2 is 1.86 bits per heavy atom. The Bertz CT molecular complexity index is 447. The summed E-state index contributed by atoms with van der Waals surface area (Å²) in [4.78, 5) is 12.5. The van der Waals surface area contributed by atoms with E-state index in [0.717, 1.165) is 38.6 Å². The maximum atomic E-state index is 12.5. The molecule has 0 radical (unpaired) electrons. The highest BCUT2D eigenvalue weighted by Crippen LogP contribution is 2.29. The second-order valence-corrected chi connectivity index (χ2v) is 6.33. The fourth-order valence-corrected chi connectivity index (χ4v) is 3.17. The van der Waals surface area contributed by atoms with Gasteiger partial charge in [0.1, 0.15) is 0 Å². The van der Waals surface area contributed by atoms with Crippen LogP contribution in [0, 0.1) is 18.8 Å². The molecule has 1 saturated carbocycles. The molecule has 1 unspecified atom stereocenters. The first-order valence-electron chi connectivity index (χ1n) is 8.21. The monoisotopic (exact) mass is 288 g/mol. The van der Waals surface area contributed by atoms with Crippen LogP contribution >= 0.6 is 0 Å². The molecule has 21 heavy (non-hydrogen) atoms. The van der Waals surface area contributed by atoms with Gasteiger partial charge in [0.05, 0.1) is 6.04 Å². The predicted octanol–water partition coefficient (Wildman–Crippen LogP) is 3.33. The van der Waals surface area contributed by atoms with Gasteiger partial charge >= 0.3 is 0 Å². The molecule has 1 atom stereocenters. The topological polar surface area (TPSA) is 55.1 Å². The average molecular weight is 288 g/mol. The van der Waals surface area contributed by atoms with Gasteiger partial charge in [-0.05, 0) is 57.1 Å². The van der Waals surface area contributed by atoms with Crippen LogP contribution in [0.15, 0.2) is 24.3 Å². The van der Waals surface area contributed by atoms with Crippen LogP contribution in [-0.4, -0.2) is 12.5 Å². The number of nitrogens with two attached hydrogens (primary N) is 1. The van der Waals surface area contributed by atoms with Crippen molar-refractivity contribution in [2.45, 2.75) is 52.0 Å². The van der Waals surface area contributed by atoms with Gasteiger partial charge in [0.15, 0.2) is 0 Å². The Morgan fingerprint density at radius 3 is 2.38 bits per heavy atom. The molecule has 0 aromatic heterocycles. The van der Waals surface area contributed by atoms with Crippen LogP contribution in [0.2, 0.25) is 0 Å². The number of carbonyl (C=O) groups is 1. The van der Waals surface area contributed by atoms with E-state index in [1.807, 2.05) is 0 Å². The molecular formula is C18H28N2O. The van der Waals surface area contributed by atoms with E-state index < -0.39 is 0 Å². The van der Waals surface area contributed by atoms with Crippen molar-refractivity contribution >= 4 is 5.91 Å². The standard InChI is InChI=1S/C18H28N2O/c1-3-17(15-8-4-13(2)5-9-15)20-18(21)16-10-6-14(12-19)7-11-16/h4-5,8-9,14,16-17H,3,6-7,10-12,19H2,1-2H3,(H,20,21). The van der Waals surface area contributed by atoms with Gasteiger partial charge in [0, 0.05) is 5.92 Å². The van der Waals surface area contributed by atoms with E-state index in [-0.39, 0.29) is 17.9 Å². The zero-order valence-electron chi connectivity index (χ0n) is 13.3. The molecular weight excluding hydrogens is 260 g/mol. The Morgan fingerprint density at radius 1 is 1.24 bits per heavy atom. The van der Waals surface area contributed by atoms with Crippen molar-refractivity contribution in [2.75, 3.05) is 6.54 Å². The number of hydrogen-bond acceptors (Lipinski definition) is 2. The Hall–Kier alpha value is -1.35. The summed E-state index contributed by atoms with van der Waals surface area (Å²) < 4.78 is 0. The minimum atomic E-state index is 0.130. The van der Waals surface area contributed by atoms with Gasteiger partial charge in [-0.15, -0.1) is 0 Å². The Labute approximate surface area is 128 Å². The highest BCUT2D eigenvalue weighted by molar-refractivity contribution is 5.79. The van der Waals surface area contributed by atoms with E-state index in [4.69, 9.17) is 5.73 Å². The van der Waals surface area contributed by atoms with Crippen LogP contribution in [0.3, 0.4) is 0 Å². The number of amides is 1. The zero-order chi connectivity index (χ0) is 15.2. The molecule has 2 rings (SSSR count). The largest absolute Gasteiger partial charge is 0.349 e. The molecule has 0 heterocycles. The number of carbonyl (C=O) groups excluding carboxylic acids is 1. The van der Waals surface area contributed by atoms with Crippen LogP contribution < -0.4 is 11.1 Å². The fourth-order valence-electron chi connectivity index (χ4n) is 3.17. The summed E-state index contributed by atoms with van der Waals surface area (Å²) in [6.45, 7) is 4.96.